The van der Waals surface area contributed by atoms with Gasteiger partial charge in [-0.25, -0.2) is 0 Å². The highest BCUT2D eigenvalue weighted by atomic mass is 16.5. The zero-order valence-corrected chi connectivity index (χ0v) is 16.1. The number of ether oxygens (including phenoxy) is 2. The van der Waals surface area contributed by atoms with Gasteiger partial charge in [0.15, 0.2) is 0 Å². The number of carbonyl (C=O) groups excluding carboxylic acids is 1. The Morgan fingerprint density at radius 3 is 2.89 bits per heavy atom. The number of para-hydroxylation sites is 1. The minimum absolute atomic E-state index is 0.218. The van der Waals surface area contributed by atoms with Gasteiger partial charge in [-0.2, -0.15) is 0 Å². The van der Waals surface area contributed by atoms with E-state index >= 15 is 0 Å². The number of piperidine rings is 1. The highest BCUT2D eigenvalue weighted by molar-refractivity contribution is 5.79. The molecule has 3 aliphatic rings. The topological polar surface area (TPSA) is 54.0 Å². The van der Waals surface area contributed by atoms with Crippen LogP contribution in [0.3, 0.4) is 0 Å². The number of benzene rings is 1. The molecule has 0 saturated carbocycles. The zero-order valence-electron chi connectivity index (χ0n) is 16.1. The molecule has 0 spiro atoms. The average Bonchev–Trinajstić information content (AvgIpc) is 3.06. The molecule has 0 radical (unpaired) electrons. The number of amides is 1. The lowest BCUT2D eigenvalue weighted by atomic mass is 9.92. The van der Waals surface area contributed by atoms with Crippen LogP contribution in [-0.4, -0.2) is 74.3 Å². The van der Waals surface area contributed by atoms with Crippen molar-refractivity contribution in [2.75, 3.05) is 52.5 Å². The highest BCUT2D eigenvalue weighted by Gasteiger charge is 2.36. The van der Waals surface area contributed by atoms with E-state index in [4.69, 9.17) is 9.47 Å². The highest BCUT2D eigenvalue weighted by Crippen LogP contribution is 2.28. The van der Waals surface area contributed by atoms with E-state index in [1.54, 1.807) is 0 Å². The quantitative estimate of drug-likeness (QED) is 0.734. The molecular formula is C21H31N3O3. The summed E-state index contributed by atoms with van der Waals surface area (Å²) in [5.41, 5.74) is 1.24. The molecule has 1 N–H and O–H groups in total. The maximum absolute atomic E-state index is 11.6. The smallest absolute Gasteiger partial charge is 0.220 e. The molecule has 0 bridgehead atoms. The fourth-order valence-corrected chi connectivity index (χ4v) is 4.43. The molecular weight excluding hydrogens is 342 g/mol. The van der Waals surface area contributed by atoms with Gasteiger partial charge in [-0.3, -0.25) is 14.6 Å². The van der Waals surface area contributed by atoms with Crippen molar-refractivity contribution in [2.24, 2.45) is 5.92 Å². The minimum Gasteiger partial charge on any atom is -0.493 e. The lowest BCUT2D eigenvalue weighted by molar-refractivity contribution is -0.119. The second-order valence-electron chi connectivity index (χ2n) is 7.93. The Morgan fingerprint density at radius 2 is 2.00 bits per heavy atom. The van der Waals surface area contributed by atoms with Crippen LogP contribution in [0.25, 0.3) is 0 Å². The second-order valence-corrected chi connectivity index (χ2v) is 7.93. The van der Waals surface area contributed by atoms with Gasteiger partial charge >= 0.3 is 0 Å². The van der Waals surface area contributed by atoms with Crippen molar-refractivity contribution in [3.8, 4) is 5.75 Å². The Labute approximate surface area is 161 Å². The van der Waals surface area contributed by atoms with Crippen LogP contribution in [0.15, 0.2) is 24.3 Å². The van der Waals surface area contributed by atoms with Gasteiger partial charge in [0.1, 0.15) is 5.75 Å². The molecule has 0 aromatic heterocycles. The number of likely N-dealkylation sites (tertiary alicyclic amines) is 1. The van der Waals surface area contributed by atoms with Crippen molar-refractivity contribution >= 4 is 5.91 Å². The van der Waals surface area contributed by atoms with Gasteiger partial charge in [-0.1, -0.05) is 18.2 Å². The summed E-state index contributed by atoms with van der Waals surface area (Å²) in [6.45, 7) is 8.47. The molecule has 27 heavy (non-hydrogen) atoms. The third-order valence-electron chi connectivity index (χ3n) is 5.98. The molecule has 6 nitrogen and oxygen atoms in total. The van der Waals surface area contributed by atoms with Crippen LogP contribution in [0.5, 0.6) is 5.75 Å². The van der Waals surface area contributed by atoms with Gasteiger partial charge in [0.2, 0.25) is 5.91 Å². The van der Waals surface area contributed by atoms with Gasteiger partial charge in [0.25, 0.3) is 0 Å². The second kappa shape index (κ2) is 9.04. The first-order valence-corrected chi connectivity index (χ1v) is 10.3. The van der Waals surface area contributed by atoms with E-state index < -0.39 is 0 Å². The van der Waals surface area contributed by atoms with E-state index in [0.29, 0.717) is 18.4 Å². The van der Waals surface area contributed by atoms with E-state index in [9.17, 15) is 4.79 Å². The maximum atomic E-state index is 11.6. The van der Waals surface area contributed by atoms with Crippen LogP contribution in [0.4, 0.5) is 0 Å². The van der Waals surface area contributed by atoms with Gasteiger partial charge in [0.05, 0.1) is 19.8 Å². The molecule has 4 rings (SSSR count). The molecule has 1 aromatic carbocycles. The van der Waals surface area contributed by atoms with Crippen molar-refractivity contribution in [3.05, 3.63) is 29.8 Å². The van der Waals surface area contributed by atoms with Crippen molar-refractivity contribution in [3.63, 3.8) is 0 Å². The van der Waals surface area contributed by atoms with Crippen molar-refractivity contribution in [1.82, 2.24) is 15.1 Å². The van der Waals surface area contributed by atoms with E-state index in [1.807, 2.05) is 6.07 Å². The van der Waals surface area contributed by atoms with E-state index in [2.05, 4.69) is 33.3 Å². The fraction of sp³-hybridized carbons (Fsp3) is 0.667. The number of hydrogen-bond donors (Lipinski definition) is 1. The third-order valence-corrected chi connectivity index (χ3v) is 5.98. The Kier molecular flexibility index (Phi) is 6.27. The molecule has 2 atom stereocenters. The summed E-state index contributed by atoms with van der Waals surface area (Å²) in [5.74, 6) is 1.74. The summed E-state index contributed by atoms with van der Waals surface area (Å²) < 4.78 is 11.5. The zero-order chi connectivity index (χ0) is 18.5. The summed E-state index contributed by atoms with van der Waals surface area (Å²) in [6, 6.07) is 8.70. The number of nitrogens with zero attached hydrogens (tertiary/aromatic N) is 2. The van der Waals surface area contributed by atoms with Crippen molar-refractivity contribution in [2.45, 2.75) is 31.8 Å². The van der Waals surface area contributed by atoms with Crippen LogP contribution < -0.4 is 10.1 Å². The van der Waals surface area contributed by atoms with E-state index in [-0.39, 0.29) is 5.91 Å². The molecule has 148 valence electrons. The number of fused-ring (bicyclic) bond motifs is 1. The van der Waals surface area contributed by atoms with Crippen molar-refractivity contribution < 1.29 is 14.3 Å². The molecule has 6 heteroatoms. The Bertz CT molecular complexity index is 633. The first-order chi connectivity index (χ1) is 13.3. The Hall–Kier alpha value is -1.63. The molecule has 3 heterocycles. The Morgan fingerprint density at radius 1 is 1.15 bits per heavy atom. The van der Waals surface area contributed by atoms with E-state index in [1.165, 1.54) is 5.56 Å². The van der Waals surface area contributed by atoms with Crippen LogP contribution in [-0.2, 0) is 16.1 Å². The summed E-state index contributed by atoms with van der Waals surface area (Å²) in [5, 5.41) is 3.13. The summed E-state index contributed by atoms with van der Waals surface area (Å²) in [7, 11) is 0. The van der Waals surface area contributed by atoms with Crippen LogP contribution in [0.1, 0.15) is 24.8 Å². The first-order valence-electron chi connectivity index (χ1n) is 10.3. The first kappa shape index (κ1) is 18.7. The lowest BCUT2D eigenvalue weighted by Gasteiger charge is -2.34. The fourth-order valence-electron chi connectivity index (χ4n) is 4.43. The largest absolute Gasteiger partial charge is 0.493 e. The van der Waals surface area contributed by atoms with Crippen molar-refractivity contribution in [1.29, 1.82) is 0 Å². The normalized spacial score (nSPS) is 26.6. The van der Waals surface area contributed by atoms with Gasteiger partial charge in [-0.05, 0) is 31.4 Å². The van der Waals surface area contributed by atoms with Gasteiger partial charge in [-0.15, -0.1) is 0 Å². The molecule has 3 saturated heterocycles. The predicted molar refractivity (Wildman–Crippen MR) is 104 cm³/mol. The third kappa shape index (κ3) is 5.00. The molecule has 3 aliphatic heterocycles. The molecule has 0 aliphatic carbocycles. The molecule has 1 aromatic rings. The summed E-state index contributed by atoms with van der Waals surface area (Å²) in [4.78, 5) is 16.5. The predicted octanol–water partition coefficient (Wildman–Crippen LogP) is 1.50. The van der Waals surface area contributed by atoms with Crippen LogP contribution >= 0.6 is 0 Å². The number of rotatable bonds is 7. The van der Waals surface area contributed by atoms with Crippen LogP contribution in [0.2, 0.25) is 0 Å². The average molecular weight is 373 g/mol. The molecule has 0 unspecified atom stereocenters. The lowest BCUT2D eigenvalue weighted by Crippen LogP contribution is -2.46. The number of morpholine rings is 1. The number of hydrogen-bond acceptors (Lipinski definition) is 5. The Balaban J connectivity index is 1.25. The van der Waals surface area contributed by atoms with Crippen LogP contribution in [0, 0.1) is 5.92 Å². The van der Waals surface area contributed by atoms with E-state index in [0.717, 1.165) is 77.7 Å². The monoisotopic (exact) mass is 373 g/mol. The van der Waals surface area contributed by atoms with Gasteiger partial charge in [0, 0.05) is 50.7 Å². The molecule has 1 amide bonds. The maximum Gasteiger partial charge on any atom is 0.220 e. The number of carbonyl (C=O) groups is 1. The minimum atomic E-state index is 0.218. The standard InChI is InChI=1S/C21H31N3O3/c25-21-14-17-6-8-24(16-19(17)22-21)15-18-4-1-2-5-20(18)27-11-3-7-23-9-12-26-13-10-23/h1-2,4-5,17,19H,3,6-16H2,(H,22,25)/t17-,19-/m1/s1. The molecule has 3 fully saturated rings. The van der Waals surface area contributed by atoms with Gasteiger partial charge < -0.3 is 14.8 Å². The summed E-state index contributed by atoms with van der Waals surface area (Å²) in [6.07, 6.45) is 2.85. The SMILES string of the molecule is O=C1C[C@H]2CCN(Cc3ccccc3OCCCN3CCOCC3)C[C@H]2N1. The summed E-state index contributed by atoms with van der Waals surface area (Å²) >= 11 is 0. The number of nitrogens with one attached hydrogen (secondary N) is 1.